The fourth-order valence-electron chi connectivity index (χ4n) is 3.65. The first kappa shape index (κ1) is 17.3. The fraction of sp³-hybridized carbons (Fsp3) is 0.350. The monoisotopic (exact) mass is 369 g/mol. The number of thiophene rings is 1. The van der Waals surface area contributed by atoms with Crippen molar-refractivity contribution in [1.82, 2.24) is 9.88 Å². The summed E-state index contributed by atoms with van der Waals surface area (Å²) in [4.78, 5) is 17.7. The molecule has 136 valence electrons. The molecule has 6 heteroatoms. The van der Waals surface area contributed by atoms with Gasteiger partial charge in [0.05, 0.1) is 7.11 Å². The van der Waals surface area contributed by atoms with E-state index in [2.05, 4.69) is 22.0 Å². The number of H-pyrrole nitrogens is 1. The van der Waals surface area contributed by atoms with Crippen LogP contribution < -0.4 is 16.0 Å². The molecule has 0 unspecified atom stereocenters. The van der Waals surface area contributed by atoms with Crippen molar-refractivity contribution in [3.8, 4) is 5.75 Å². The lowest BCUT2D eigenvalue weighted by Gasteiger charge is -2.28. The molecular weight excluding hydrogens is 346 g/mol. The summed E-state index contributed by atoms with van der Waals surface area (Å²) < 4.78 is 6.35. The molecule has 1 aromatic carbocycles. The Bertz CT molecular complexity index is 1010. The molecule has 3 aromatic rings. The van der Waals surface area contributed by atoms with Crippen LogP contribution in [0.5, 0.6) is 5.75 Å². The SMILES string of the molecule is COc1ccc2[nH]c(=O)c3sccc3c2c1/C=C/CN1CCC(N)CC1. The molecule has 3 heterocycles. The minimum atomic E-state index is -0.0350. The predicted molar refractivity (Wildman–Crippen MR) is 109 cm³/mol. The molecule has 0 saturated carbocycles. The Morgan fingerprint density at radius 1 is 1.35 bits per heavy atom. The molecule has 1 aliphatic heterocycles. The van der Waals surface area contributed by atoms with Gasteiger partial charge in [-0.15, -0.1) is 11.3 Å². The minimum absolute atomic E-state index is 0.0350. The number of rotatable bonds is 4. The highest BCUT2D eigenvalue weighted by atomic mass is 32.1. The molecule has 0 amide bonds. The van der Waals surface area contributed by atoms with Crippen molar-refractivity contribution < 1.29 is 4.74 Å². The zero-order chi connectivity index (χ0) is 18.1. The van der Waals surface area contributed by atoms with Crippen molar-refractivity contribution in [2.45, 2.75) is 18.9 Å². The lowest BCUT2D eigenvalue weighted by molar-refractivity contribution is 0.234. The Hall–Kier alpha value is -2.15. The first-order chi connectivity index (χ1) is 12.7. The smallest absolute Gasteiger partial charge is 0.266 e. The van der Waals surface area contributed by atoms with E-state index in [1.54, 1.807) is 7.11 Å². The standard InChI is InChI=1S/C20H23N3O2S/c1-25-17-5-4-16-18(15-8-12-26-19(15)20(24)22-16)14(17)3-2-9-23-10-6-13(21)7-11-23/h2-5,8,12-13H,6-7,9-11,21H2,1H3,(H,22,24)/b3-2+. The molecule has 1 fully saturated rings. The van der Waals surface area contributed by atoms with Gasteiger partial charge in [0.1, 0.15) is 10.4 Å². The van der Waals surface area contributed by atoms with Gasteiger partial charge in [0.25, 0.3) is 5.56 Å². The number of aromatic amines is 1. The largest absolute Gasteiger partial charge is 0.496 e. The molecular formula is C20H23N3O2S. The summed E-state index contributed by atoms with van der Waals surface area (Å²) in [6, 6.07) is 6.18. The first-order valence-corrected chi connectivity index (χ1v) is 9.80. The topological polar surface area (TPSA) is 71.4 Å². The molecule has 1 aliphatic rings. The van der Waals surface area contributed by atoms with Crippen LogP contribution in [-0.2, 0) is 0 Å². The van der Waals surface area contributed by atoms with Crippen LogP contribution in [0.4, 0.5) is 0 Å². The van der Waals surface area contributed by atoms with E-state index in [-0.39, 0.29) is 5.56 Å². The summed E-state index contributed by atoms with van der Waals surface area (Å²) >= 11 is 1.47. The van der Waals surface area contributed by atoms with E-state index in [4.69, 9.17) is 10.5 Å². The van der Waals surface area contributed by atoms with Crippen molar-refractivity contribution in [1.29, 1.82) is 0 Å². The van der Waals surface area contributed by atoms with Gasteiger partial charge >= 0.3 is 0 Å². The highest BCUT2D eigenvalue weighted by molar-refractivity contribution is 7.17. The maximum atomic E-state index is 12.3. The Kier molecular flexibility index (Phi) is 4.80. The van der Waals surface area contributed by atoms with Gasteiger partial charge in [-0.05, 0) is 49.5 Å². The molecule has 3 N–H and O–H groups in total. The number of aromatic nitrogens is 1. The van der Waals surface area contributed by atoms with Gasteiger partial charge in [0.2, 0.25) is 0 Å². The van der Waals surface area contributed by atoms with Crippen LogP contribution in [0.15, 0.2) is 34.4 Å². The number of pyridine rings is 1. The van der Waals surface area contributed by atoms with E-state index >= 15 is 0 Å². The number of hydrogen-bond donors (Lipinski definition) is 2. The summed E-state index contributed by atoms with van der Waals surface area (Å²) in [6.07, 6.45) is 6.41. The summed E-state index contributed by atoms with van der Waals surface area (Å²) in [5.74, 6) is 0.814. The number of ether oxygens (including phenoxy) is 1. The van der Waals surface area contributed by atoms with Gasteiger partial charge in [0, 0.05) is 34.4 Å². The van der Waals surface area contributed by atoms with Crippen molar-refractivity contribution in [3.63, 3.8) is 0 Å². The zero-order valence-corrected chi connectivity index (χ0v) is 15.6. The molecule has 0 radical (unpaired) electrons. The number of nitrogens with zero attached hydrogens (tertiary/aromatic N) is 1. The number of nitrogens with two attached hydrogens (primary N) is 1. The summed E-state index contributed by atoms with van der Waals surface area (Å²) in [5, 5.41) is 3.98. The molecule has 5 nitrogen and oxygen atoms in total. The maximum Gasteiger partial charge on any atom is 0.266 e. The van der Waals surface area contributed by atoms with E-state index in [1.165, 1.54) is 11.3 Å². The van der Waals surface area contributed by atoms with Gasteiger partial charge in [-0.25, -0.2) is 0 Å². The van der Waals surface area contributed by atoms with E-state index in [0.29, 0.717) is 6.04 Å². The summed E-state index contributed by atoms with van der Waals surface area (Å²) in [7, 11) is 1.68. The van der Waals surface area contributed by atoms with Crippen LogP contribution in [0.2, 0.25) is 0 Å². The van der Waals surface area contributed by atoms with Crippen LogP contribution in [0.3, 0.4) is 0 Å². The Balaban J connectivity index is 1.74. The number of nitrogens with one attached hydrogen (secondary N) is 1. The highest BCUT2D eigenvalue weighted by Crippen LogP contribution is 2.34. The van der Waals surface area contributed by atoms with Crippen LogP contribution >= 0.6 is 11.3 Å². The van der Waals surface area contributed by atoms with Gasteiger partial charge in [-0.1, -0.05) is 12.2 Å². The number of methoxy groups -OCH3 is 1. The maximum absolute atomic E-state index is 12.3. The van der Waals surface area contributed by atoms with Gasteiger partial charge in [-0.3, -0.25) is 9.69 Å². The van der Waals surface area contributed by atoms with Crippen molar-refractivity contribution >= 4 is 38.4 Å². The second-order valence-electron chi connectivity index (χ2n) is 6.76. The Morgan fingerprint density at radius 3 is 2.92 bits per heavy atom. The van der Waals surface area contributed by atoms with Crippen LogP contribution in [0.25, 0.3) is 27.1 Å². The van der Waals surface area contributed by atoms with Crippen molar-refractivity contribution in [2.24, 2.45) is 5.73 Å². The molecule has 0 bridgehead atoms. The molecule has 0 aliphatic carbocycles. The van der Waals surface area contributed by atoms with Crippen LogP contribution in [-0.4, -0.2) is 42.7 Å². The number of piperidine rings is 1. The molecule has 2 aromatic heterocycles. The average molecular weight is 369 g/mol. The summed E-state index contributed by atoms with van der Waals surface area (Å²) in [5.41, 5.74) is 7.80. The van der Waals surface area contributed by atoms with Gasteiger partial charge in [-0.2, -0.15) is 0 Å². The van der Waals surface area contributed by atoms with E-state index < -0.39 is 0 Å². The summed E-state index contributed by atoms with van der Waals surface area (Å²) in [6.45, 7) is 2.98. The first-order valence-electron chi connectivity index (χ1n) is 8.92. The fourth-order valence-corrected chi connectivity index (χ4v) is 4.45. The third-order valence-electron chi connectivity index (χ3n) is 5.09. The number of fused-ring (bicyclic) bond motifs is 3. The third kappa shape index (κ3) is 3.16. The zero-order valence-electron chi connectivity index (χ0n) is 14.8. The average Bonchev–Trinajstić information content (AvgIpc) is 3.14. The van der Waals surface area contributed by atoms with E-state index in [0.717, 1.165) is 64.8 Å². The van der Waals surface area contributed by atoms with Crippen LogP contribution in [0.1, 0.15) is 18.4 Å². The number of hydrogen-bond acceptors (Lipinski definition) is 5. The molecule has 0 spiro atoms. The van der Waals surface area contributed by atoms with Crippen molar-refractivity contribution in [3.05, 3.63) is 45.6 Å². The molecule has 26 heavy (non-hydrogen) atoms. The second-order valence-corrected chi connectivity index (χ2v) is 7.68. The Labute approximate surface area is 156 Å². The highest BCUT2D eigenvalue weighted by Gasteiger charge is 2.15. The van der Waals surface area contributed by atoms with E-state index in [9.17, 15) is 4.79 Å². The quantitative estimate of drug-likeness (QED) is 0.741. The molecule has 4 rings (SSSR count). The second kappa shape index (κ2) is 7.23. The lowest BCUT2D eigenvalue weighted by Crippen LogP contribution is -2.39. The minimum Gasteiger partial charge on any atom is -0.496 e. The van der Waals surface area contributed by atoms with Gasteiger partial charge in [0.15, 0.2) is 0 Å². The molecule has 0 atom stereocenters. The predicted octanol–water partition coefficient (Wildman–Crippen LogP) is 3.19. The molecule has 1 saturated heterocycles. The van der Waals surface area contributed by atoms with Crippen LogP contribution in [0, 0.1) is 0 Å². The normalized spacial score (nSPS) is 16.8. The number of benzene rings is 1. The number of likely N-dealkylation sites (tertiary alicyclic amines) is 1. The Morgan fingerprint density at radius 2 is 2.15 bits per heavy atom. The van der Waals surface area contributed by atoms with Gasteiger partial charge < -0.3 is 15.5 Å². The van der Waals surface area contributed by atoms with Crippen molar-refractivity contribution in [2.75, 3.05) is 26.7 Å². The third-order valence-corrected chi connectivity index (χ3v) is 6.01. The van der Waals surface area contributed by atoms with E-state index in [1.807, 2.05) is 23.6 Å². The lowest BCUT2D eigenvalue weighted by atomic mass is 10.0.